The van der Waals surface area contributed by atoms with Crippen molar-refractivity contribution < 1.29 is 9.88 Å². The fourth-order valence-corrected chi connectivity index (χ4v) is 1.99. The molecule has 4 nitrogen and oxygen atoms in total. The molecule has 0 unspecified atom stereocenters. The molecule has 1 aromatic rings. The van der Waals surface area contributed by atoms with E-state index in [0.29, 0.717) is 0 Å². The number of hydrogen-bond acceptors (Lipinski definition) is 1. The van der Waals surface area contributed by atoms with E-state index in [1.807, 2.05) is 12.5 Å². The van der Waals surface area contributed by atoms with Gasteiger partial charge in [-0.05, 0) is 25.7 Å². The van der Waals surface area contributed by atoms with Crippen LogP contribution in [0.15, 0.2) is 31.1 Å². The minimum Gasteiger partial charge on any atom is -0.376 e. The van der Waals surface area contributed by atoms with Gasteiger partial charge in [0.1, 0.15) is 18.6 Å². The zero-order valence-electron chi connectivity index (χ0n) is 12.5. The van der Waals surface area contributed by atoms with Gasteiger partial charge in [0.25, 0.3) is 0 Å². The third-order valence-electron chi connectivity index (χ3n) is 3.23. The van der Waals surface area contributed by atoms with Crippen molar-refractivity contribution in [2.75, 3.05) is 20.1 Å². The molecule has 0 spiro atoms. The number of nitrogens with two attached hydrogens (primary N) is 1. The number of rotatable bonds is 11. The van der Waals surface area contributed by atoms with Gasteiger partial charge in [-0.15, -0.1) is 0 Å². The molecule has 1 aromatic heterocycles. The summed E-state index contributed by atoms with van der Waals surface area (Å²) in [6.07, 6.45) is 16.8. The summed E-state index contributed by atoms with van der Waals surface area (Å²) in [5.41, 5.74) is 0. The predicted octanol–water partition coefficient (Wildman–Crippen LogP) is 1.24. The lowest BCUT2D eigenvalue weighted by molar-refractivity contribution is -0.696. The number of quaternary nitrogens is 1. The van der Waals surface area contributed by atoms with Crippen molar-refractivity contribution in [3.05, 3.63) is 31.1 Å². The molecule has 0 radical (unpaired) electrons. The highest BCUT2D eigenvalue weighted by molar-refractivity contribution is 4.70. The van der Waals surface area contributed by atoms with Crippen LogP contribution < -0.4 is 9.88 Å². The molecule has 0 aliphatic heterocycles. The number of imidazole rings is 1. The van der Waals surface area contributed by atoms with E-state index in [4.69, 9.17) is 0 Å². The fourth-order valence-electron chi connectivity index (χ4n) is 1.99. The highest BCUT2D eigenvalue weighted by atomic mass is 15.1. The third-order valence-corrected chi connectivity index (χ3v) is 3.23. The highest BCUT2D eigenvalue weighted by Crippen LogP contribution is 1.97. The summed E-state index contributed by atoms with van der Waals surface area (Å²) in [7, 11) is 2.16. The maximum absolute atomic E-state index is 3.07. The van der Waals surface area contributed by atoms with E-state index in [1.54, 1.807) is 0 Å². The molecular formula is C15H30N4+2. The van der Waals surface area contributed by atoms with Crippen LogP contribution in [0.1, 0.15) is 39.0 Å². The Labute approximate surface area is 117 Å². The molecule has 0 atom stereocenters. The van der Waals surface area contributed by atoms with E-state index in [9.17, 15) is 0 Å². The Morgan fingerprint density at radius 3 is 2.89 bits per heavy atom. The average molecular weight is 266 g/mol. The van der Waals surface area contributed by atoms with Gasteiger partial charge in [-0.3, -0.25) is 4.98 Å². The van der Waals surface area contributed by atoms with Crippen LogP contribution in [0, 0.1) is 0 Å². The third kappa shape index (κ3) is 8.43. The zero-order valence-corrected chi connectivity index (χ0v) is 12.5. The largest absolute Gasteiger partial charge is 0.376 e. The zero-order chi connectivity index (χ0) is 13.8. The molecule has 0 saturated heterocycles. The highest BCUT2D eigenvalue weighted by Gasteiger charge is 1.97. The second-order valence-corrected chi connectivity index (χ2v) is 5.11. The van der Waals surface area contributed by atoms with Gasteiger partial charge in [0, 0.05) is 13.6 Å². The molecule has 0 saturated carbocycles. The molecule has 0 bridgehead atoms. The van der Waals surface area contributed by atoms with Gasteiger partial charge in [0.2, 0.25) is 6.33 Å². The lowest BCUT2D eigenvalue weighted by Gasteiger charge is -2.12. The van der Waals surface area contributed by atoms with Crippen LogP contribution in [0.5, 0.6) is 0 Å². The topological polar surface area (TPSA) is 39.5 Å². The molecule has 0 aliphatic carbocycles. The van der Waals surface area contributed by atoms with Gasteiger partial charge >= 0.3 is 0 Å². The molecular weight excluding hydrogens is 236 g/mol. The van der Waals surface area contributed by atoms with E-state index in [2.05, 4.69) is 52.3 Å². The second-order valence-electron chi connectivity index (χ2n) is 5.11. The van der Waals surface area contributed by atoms with Crippen LogP contribution in [-0.2, 0) is 6.54 Å². The normalized spacial score (nSPS) is 11.3. The quantitative estimate of drug-likeness (QED) is 0.459. The van der Waals surface area contributed by atoms with Crippen molar-refractivity contribution in [2.24, 2.45) is 0 Å². The number of aromatic amines is 1. The van der Waals surface area contributed by atoms with Crippen LogP contribution in [0.2, 0.25) is 0 Å². The van der Waals surface area contributed by atoms with Crippen molar-refractivity contribution >= 4 is 0 Å². The average Bonchev–Trinajstić information content (AvgIpc) is 2.91. The second kappa shape index (κ2) is 10.6. The van der Waals surface area contributed by atoms with Crippen molar-refractivity contribution in [1.29, 1.82) is 0 Å². The maximum Gasteiger partial charge on any atom is 0.241 e. The Morgan fingerprint density at radius 1 is 1.26 bits per heavy atom. The van der Waals surface area contributed by atoms with Crippen molar-refractivity contribution in [2.45, 2.75) is 45.6 Å². The van der Waals surface area contributed by atoms with E-state index < -0.39 is 0 Å². The van der Waals surface area contributed by atoms with E-state index in [-0.39, 0.29) is 0 Å². The smallest absolute Gasteiger partial charge is 0.241 e. The first-order valence-corrected chi connectivity index (χ1v) is 7.55. The summed E-state index contributed by atoms with van der Waals surface area (Å²) >= 11 is 0. The minimum atomic E-state index is 1.12. The molecule has 3 N–H and O–H groups in total. The first kappa shape index (κ1) is 15.8. The number of aryl methyl sites for hydroxylation is 1. The van der Waals surface area contributed by atoms with Gasteiger partial charge in [-0.2, -0.15) is 0 Å². The number of aromatic nitrogens is 2. The Morgan fingerprint density at radius 2 is 2.16 bits per heavy atom. The van der Waals surface area contributed by atoms with Gasteiger partial charge in [0.05, 0.1) is 19.3 Å². The van der Waals surface area contributed by atoms with Crippen LogP contribution in [0.4, 0.5) is 0 Å². The standard InChI is InChI=1S/C15H28N4/c1-3-4-8-16-9-13-18(2)11-6-5-7-12-19-14-10-17-15-19/h9-10,13-16H,3-8,11-12H2,1-2H3/p+2/b13-9-. The number of nitrogens with zero attached hydrogens (tertiary/aromatic N) is 2. The SMILES string of the molecule is CCCC[NH2+]/C=C\N(C)CCCCC[n+]1cc[nH]c1. The van der Waals surface area contributed by atoms with Crippen molar-refractivity contribution in [3.8, 4) is 0 Å². The monoisotopic (exact) mass is 266 g/mol. The molecule has 0 fully saturated rings. The number of H-pyrrole nitrogens is 1. The van der Waals surface area contributed by atoms with Gasteiger partial charge < -0.3 is 10.2 Å². The molecule has 0 aliphatic rings. The summed E-state index contributed by atoms with van der Waals surface area (Å²) in [5.74, 6) is 0. The minimum absolute atomic E-state index is 1.12. The lowest BCUT2D eigenvalue weighted by atomic mass is 10.2. The maximum atomic E-state index is 3.07. The summed E-state index contributed by atoms with van der Waals surface area (Å²) < 4.78 is 2.20. The first-order chi connectivity index (χ1) is 9.33. The summed E-state index contributed by atoms with van der Waals surface area (Å²) in [6.45, 7) is 5.70. The predicted molar refractivity (Wildman–Crippen MR) is 78.3 cm³/mol. The van der Waals surface area contributed by atoms with Crippen LogP contribution in [0.3, 0.4) is 0 Å². The van der Waals surface area contributed by atoms with E-state index >= 15 is 0 Å². The number of unbranched alkanes of at least 4 members (excludes halogenated alkanes) is 3. The molecule has 4 heteroatoms. The Bertz CT molecular complexity index is 319. The Hall–Kier alpha value is -1.29. The van der Waals surface area contributed by atoms with Crippen LogP contribution >= 0.6 is 0 Å². The summed E-state index contributed by atoms with van der Waals surface area (Å²) in [5, 5.41) is 2.27. The Kier molecular flexibility index (Phi) is 8.81. The van der Waals surface area contributed by atoms with Gasteiger partial charge in [-0.1, -0.05) is 13.3 Å². The van der Waals surface area contributed by atoms with Crippen molar-refractivity contribution in [1.82, 2.24) is 9.88 Å². The Balaban J connectivity index is 1.93. The summed E-state index contributed by atoms with van der Waals surface area (Å²) in [4.78, 5) is 5.35. The lowest BCUT2D eigenvalue weighted by Crippen LogP contribution is -2.78. The van der Waals surface area contributed by atoms with Crippen LogP contribution in [0.25, 0.3) is 0 Å². The number of nitrogens with one attached hydrogen (secondary N) is 1. The molecule has 1 rings (SSSR count). The van der Waals surface area contributed by atoms with Gasteiger partial charge in [-0.25, -0.2) is 4.57 Å². The molecule has 1 heterocycles. The van der Waals surface area contributed by atoms with E-state index in [1.165, 1.54) is 38.6 Å². The molecule has 19 heavy (non-hydrogen) atoms. The van der Waals surface area contributed by atoms with Crippen LogP contribution in [-0.4, -0.2) is 30.0 Å². The number of hydrogen-bond donors (Lipinski definition) is 2. The summed E-state index contributed by atoms with van der Waals surface area (Å²) in [6, 6.07) is 0. The molecule has 0 amide bonds. The molecule has 108 valence electrons. The fraction of sp³-hybridized carbons (Fsp3) is 0.667. The first-order valence-electron chi connectivity index (χ1n) is 7.55. The molecule has 0 aromatic carbocycles. The van der Waals surface area contributed by atoms with Gasteiger partial charge in [0.15, 0.2) is 0 Å². The van der Waals surface area contributed by atoms with E-state index in [0.717, 1.165) is 13.1 Å². The van der Waals surface area contributed by atoms with Crippen molar-refractivity contribution in [3.63, 3.8) is 0 Å².